The van der Waals surface area contributed by atoms with Gasteiger partial charge in [0, 0.05) is 25.2 Å². The van der Waals surface area contributed by atoms with Gasteiger partial charge in [0.2, 0.25) is 0 Å². The maximum absolute atomic E-state index is 12.5. The lowest BCUT2D eigenvalue weighted by atomic mass is 10.4. The molecule has 12 heteroatoms. The molecular weight excluding hydrogens is 432 g/mol. The third-order valence-corrected chi connectivity index (χ3v) is 5.51. The number of carbonyl (C=O) groups is 4. The van der Waals surface area contributed by atoms with Gasteiger partial charge < -0.3 is 9.47 Å². The van der Waals surface area contributed by atoms with E-state index in [1.54, 1.807) is 0 Å². The lowest BCUT2D eigenvalue weighted by Gasteiger charge is -2.13. The van der Waals surface area contributed by atoms with Crippen molar-refractivity contribution in [2.75, 3.05) is 27.3 Å². The first-order valence-corrected chi connectivity index (χ1v) is 9.95. The maximum atomic E-state index is 12.5. The third-order valence-electron chi connectivity index (χ3n) is 3.52. The second-order valence-corrected chi connectivity index (χ2v) is 7.46. The van der Waals surface area contributed by atoms with Crippen molar-refractivity contribution in [2.45, 2.75) is 0 Å². The molecule has 158 valence electrons. The third kappa shape index (κ3) is 5.27. The summed E-state index contributed by atoms with van der Waals surface area (Å²) in [6.07, 6.45) is 5.12. The van der Waals surface area contributed by atoms with E-state index in [4.69, 9.17) is 0 Å². The summed E-state index contributed by atoms with van der Waals surface area (Å²) in [6, 6.07) is 0. The van der Waals surface area contributed by atoms with Gasteiger partial charge in [0.05, 0.1) is 24.0 Å². The highest BCUT2D eigenvalue weighted by molar-refractivity contribution is 8.19. The zero-order chi connectivity index (χ0) is 22.3. The van der Waals surface area contributed by atoms with Gasteiger partial charge in [-0.05, 0) is 23.5 Å². The Morgan fingerprint density at radius 1 is 0.867 bits per heavy atom. The number of methoxy groups -OCH3 is 2. The number of ether oxygens (including phenoxy) is 2. The van der Waals surface area contributed by atoms with Gasteiger partial charge in [0.1, 0.15) is 0 Å². The van der Waals surface area contributed by atoms with Crippen molar-refractivity contribution in [3.8, 4) is 0 Å². The SMILES string of the molecule is C=CCN1C(=O)/C(=C\C(=O)OC)S/C1=N\N=C1\S/C(=C\C(=O)OC)C(=O)N1CC=C. The summed E-state index contributed by atoms with van der Waals surface area (Å²) in [5, 5.41) is 8.55. The first-order chi connectivity index (χ1) is 14.4. The highest BCUT2D eigenvalue weighted by Gasteiger charge is 2.36. The van der Waals surface area contributed by atoms with E-state index in [1.165, 1.54) is 36.2 Å². The van der Waals surface area contributed by atoms with Crippen molar-refractivity contribution in [1.29, 1.82) is 0 Å². The van der Waals surface area contributed by atoms with E-state index in [0.717, 1.165) is 35.7 Å². The van der Waals surface area contributed by atoms with Crippen molar-refractivity contribution in [3.05, 3.63) is 47.3 Å². The molecule has 0 radical (unpaired) electrons. The summed E-state index contributed by atoms with van der Waals surface area (Å²) in [6.45, 7) is 7.49. The molecule has 0 aliphatic carbocycles. The van der Waals surface area contributed by atoms with Gasteiger partial charge in [0.25, 0.3) is 11.8 Å². The largest absolute Gasteiger partial charge is 0.466 e. The minimum atomic E-state index is -0.677. The summed E-state index contributed by atoms with van der Waals surface area (Å²) in [5.41, 5.74) is 0. The zero-order valence-corrected chi connectivity index (χ0v) is 17.8. The number of hydrogen-bond donors (Lipinski definition) is 0. The van der Waals surface area contributed by atoms with E-state index >= 15 is 0 Å². The maximum Gasteiger partial charge on any atom is 0.331 e. The summed E-state index contributed by atoms with van der Waals surface area (Å²) in [7, 11) is 2.40. The van der Waals surface area contributed by atoms with E-state index in [9.17, 15) is 19.2 Å². The number of carbonyl (C=O) groups excluding carboxylic acids is 4. The monoisotopic (exact) mass is 450 g/mol. The fraction of sp³-hybridized carbons (Fsp3) is 0.222. The van der Waals surface area contributed by atoms with Crippen molar-refractivity contribution in [3.63, 3.8) is 0 Å². The van der Waals surface area contributed by atoms with Crippen LogP contribution in [0.1, 0.15) is 0 Å². The van der Waals surface area contributed by atoms with Crippen LogP contribution in [0.2, 0.25) is 0 Å². The standard InChI is InChI=1S/C18H18N4O6S2/c1-5-7-21-15(25)11(9-13(23)27-3)29-17(21)19-20-18-22(8-6-2)16(26)12(30-18)10-14(24)28-4/h5-6,9-10H,1-2,7-8H2,3-4H3/b11-9-,12-10+,19-17+,20-18-. The molecule has 0 aromatic heterocycles. The van der Waals surface area contributed by atoms with Gasteiger partial charge in [-0.3, -0.25) is 19.4 Å². The number of rotatable bonds is 7. The number of nitrogens with zero attached hydrogens (tertiary/aromatic N) is 4. The number of esters is 2. The Labute approximate surface area is 181 Å². The second-order valence-electron chi connectivity index (χ2n) is 5.44. The molecule has 0 N–H and O–H groups in total. The molecule has 2 saturated heterocycles. The predicted octanol–water partition coefficient (Wildman–Crippen LogP) is 1.25. The van der Waals surface area contributed by atoms with E-state index in [1.807, 2.05) is 0 Å². The molecule has 0 spiro atoms. The van der Waals surface area contributed by atoms with E-state index in [0.29, 0.717) is 0 Å². The highest BCUT2D eigenvalue weighted by atomic mass is 32.2. The van der Waals surface area contributed by atoms with Crippen LogP contribution in [0.15, 0.2) is 57.5 Å². The molecule has 2 fully saturated rings. The Balaban J connectivity index is 2.38. The Morgan fingerprint density at radius 3 is 1.53 bits per heavy atom. The summed E-state index contributed by atoms with van der Waals surface area (Å²) < 4.78 is 9.10. The Morgan fingerprint density at radius 2 is 1.23 bits per heavy atom. The molecular formula is C18H18N4O6S2. The first kappa shape index (κ1) is 23.2. The Kier molecular flexibility index (Phi) is 8.18. The molecule has 2 aliphatic rings. The van der Waals surface area contributed by atoms with Crippen LogP contribution in [0.4, 0.5) is 0 Å². The molecule has 2 amide bonds. The number of hydrogen-bond acceptors (Lipinski definition) is 10. The van der Waals surface area contributed by atoms with Crippen LogP contribution in [0.3, 0.4) is 0 Å². The summed E-state index contributed by atoms with van der Waals surface area (Å²) >= 11 is 1.87. The van der Waals surface area contributed by atoms with Gasteiger partial charge in [-0.1, -0.05) is 12.2 Å². The molecule has 0 atom stereocenters. The molecule has 0 saturated carbocycles. The molecule has 0 unspecified atom stereocenters. The van der Waals surface area contributed by atoms with Crippen LogP contribution in [-0.4, -0.2) is 71.2 Å². The number of amides is 2. The molecule has 10 nitrogen and oxygen atoms in total. The van der Waals surface area contributed by atoms with E-state index in [-0.39, 0.29) is 33.2 Å². The fourth-order valence-electron chi connectivity index (χ4n) is 2.16. The van der Waals surface area contributed by atoms with Crippen LogP contribution >= 0.6 is 23.5 Å². The van der Waals surface area contributed by atoms with Gasteiger partial charge in [-0.25, -0.2) is 9.59 Å². The topological polar surface area (TPSA) is 118 Å². The fourth-order valence-corrected chi connectivity index (χ4v) is 3.96. The van der Waals surface area contributed by atoms with Crippen LogP contribution in [0.5, 0.6) is 0 Å². The molecule has 2 rings (SSSR count). The molecule has 2 aliphatic heterocycles. The smallest absolute Gasteiger partial charge is 0.331 e. The molecule has 0 aromatic carbocycles. The quantitative estimate of drug-likeness (QED) is 0.246. The normalized spacial score (nSPS) is 21.8. The highest BCUT2D eigenvalue weighted by Crippen LogP contribution is 2.33. The van der Waals surface area contributed by atoms with Gasteiger partial charge in [-0.2, -0.15) is 0 Å². The first-order valence-electron chi connectivity index (χ1n) is 8.32. The Bertz CT molecular complexity index is 848. The van der Waals surface area contributed by atoms with E-state index in [2.05, 4.69) is 32.8 Å². The average molecular weight is 450 g/mol. The van der Waals surface area contributed by atoms with Crippen LogP contribution in [0.25, 0.3) is 0 Å². The van der Waals surface area contributed by atoms with Crippen LogP contribution in [-0.2, 0) is 28.7 Å². The minimum Gasteiger partial charge on any atom is -0.466 e. The van der Waals surface area contributed by atoms with Crippen molar-refractivity contribution >= 4 is 57.6 Å². The van der Waals surface area contributed by atoms with Gasteiger partial charge in [-0.15, -0.1) is 23.4 Å². The zero-order valence-electron chi connectivity index (χ0n) is 16.2. The van der Waals surface area contributed by atoms with Gasteiger partial charge >= 0.3 is 11.9 Å². The lowest BCUT2D eigenvalue weighted by Crippen LogP contribution is -2.30. The lowest BCUT2D eigenvalue weighted by molar-refractivity contribution is -0.135. The Hall–Kier alpha value is -3.12. The minimum absolute atomic E-state index is 0.118. The molecule has 0 aromatic rings. The molecule has 30 heavy (non-hydrogen) atoms. The molecule has 2 heterocycles. The van der Waals surface area contributed by atoms with Crippen molar-refractivity contribution < 1.29 is 28.7 Å². The second kappa shape index (κ2) is 10.6. The van der Waals surface area contributed by atoms with Gasteiger partial charge in [0.15, 0.2) is 10.3 Å². The molecule has 0 bridgehead atoms. The van der Waals surface area contributed by atoms with Crippen molar-refractivity contribution in [1.82, 2.24) is 9.80 Å². The van der Waals surface area contributed by atoms with Crippen LogP contribution < -0.4 is 0 Å². The summed E-state index contributed by atoms with van der Waals surface area (Å²) in [4.78, 5) is 50.7. The number of thioether (sulfide) groups is 2. The number of amidine groups is 2. The predicted molar refractivity (Wildman–Crippen MR) is 114 cm³/mol. The average Bonchev–Trinajstić information content (AvgIpc) is 3.18. The van der Waals surface area contributed by atoms with E-state index < -0.39 is 23.8 Å². The summed E-state index contributed by atoms with van der Waals surface area (Å²) in [5.74, 6) is -2.26. The van der Waals surface area contributed by atoms with Crippen LogP contribution in [0, 0.1) is 0 Å². The van der Waals surface area contributed by atoms with Crippen molar-refractivity contribution in [2.24, 2.45) is 10.2 Å².